The first kappa shape index (κ1) is 21.1. The Bertz CT molecular complexity index is 905. The van der Waals surface area contributed by atoms with Crippen LogP contribution < -0.4 is 0 Å². The van der Waals surface area contributed by atoms with Crippen molar-refractivity contribution < 1.29 is 33.0 Å². The molecule has 30 heavy (non-hydrogen) atoms. The monoisotopic (exact) mass is 420 g/mol. The topological polar surface area (TPSA) is 80.7 Å². The van der Waals surface area contributed by atoms with Crippen molar-refractivity contribution in [2.24, 2.45) is 22.7 Å². The lowest BCUT2D eigenvalue weighted by Gasteiger charge is -2.60. The highest BCUT2D eigenvalue weighted by Gasteiger charge is 2.68. The minimum absolute atomic E-state index is 0.0337. The highest BCUT2D eigenvalue weighted by atomic mass is 19.1. The van der Waals surface area contributed by atoms with Gasteiger partial charge in [-0.1, -0.05) is 12.2 Å². The standard InChI is InChI=1S/C23H26F2O5/c1-13(27)30-11-20(29)16-4-3-15-17-10-19(24)18-9-14(28)5-6-21(18,2)23(17,25)8-7-22(15,16)12-26/h4-6,9,15,17,19,26H,3,7-8,10-12H2,1-2H3/t15?,17?,19-,21-,22-,23+/m0/s1. The first-order valence-corrected chi connectivity index (χ1v) is 10.4. The summed E-state index contributed by atoms with van der Waals surface area (Å²) in [7, 11) is 0. The molecule has 1 N–H and O–H groups in total. The van der Waals surface area contributed by atoms with Crippen LogP contribution in [0.3, 0.4) is 0 Å². The van der Waals surface area contributed by atoms with Crippen molar-refractivity contribution in [1.29, 1.82) is 0 Å². The number of carbonyl (C=O) groups is 3. The van der Waals surface area contributed by atoms with Gasteiger partial charge in [0, 0.05) is 29.2 Å². The number of hydrogen-bond donors (Lipinski definition) is 1. The predicted molar refractivity (Wildman–Crippen MR) is 104 cm³/mol. The van der Waals surface area contributed by atoms with Crippen LogP contribution in [0.4, 0.5) is 8.78 Å². The van der Waals surface area contributed by atoms with E-state index in [0.29, 0.717) is 12.0 Å². The molecule has 0 heterocycles. The number of ketones is 2. The van der Waals surface area contributed by atoms with Crippen molar-refractivity contribution in [2.45, 2.75) is 51.4 Å². The molecule has 0 aliphatic heterocycles. The van der Waals surface area contributed by atoms with Crippen molar-refractivity contribution in [2.75, 3.05) is 13.2 Å². The Labute approximate surface area is 173 Å². The number of aliphatic hydroxyl groups excluding tert-OH is 1. The minimum atomic E-state index is -1.79. The largest absolute Gasteiger partial charge is 0.457 e. The van der Waals surface area contributed by atoms with E-state index in [1.165, 1.54) is 25.2 Å². The summed E-state index contributed by atoms with van der Waals surface area (Å²) in [4.78, 5) is 35.6. The number of ether oxygens (including phenoxy) is 1. The van der Waals surface area contributed by atoms with E-state index in [-0.39, 0.29) is 37.2 Å². The Morgan fingerprint density at radius 3 is 2.70 bits per heavy atom. The van der Waals surface area contributed by atoms with Crippen LogP contribution in [0.15, 0.2) is 35.5 Å². The van der Waals surface area contributed by atoms with Crippen molar-refractivity contribution in [3.63, 3.8) is 0 Å². The number of rotatable bonds is 4. The highest BCUT2D eigenvalue weighted by Crippen LogP contribution is 2.68. The lowest BCUT2D eigenvalue weighted by Crippen LogP contribution is -2.63. The molecular weight excluding hydrogens is 394 g/mol. The molecule has 0 spiro atoms. The highest BCUT2D eigenvalue weighted by molar-refractivity contribution is 6.01. The van der Waals surface area contributed by atoms with Crippen LogP contribution in [0.25, 0.3) is 0 Å². The Morgan fingerprint density at radius 2 is 2.03 bits per heavy atom. The number of aliphatic hydroxyl groups is 1. The van der Waals surface area contributed by atoms with Gasteiger partial charge in [0.2, 0.25) is 0 Å². The molecule has 2 saturated carbocycles. The molecule has 7 heteroatoms. The average Bonchev–Trinajstić information content (AvgIpc) is 3.09. The zero-order valence-corrected chi connectivity index (χ0v) is 17.1. The van der Waals surface area contributed by atoms with Gasteiger partial charge in [-0.15, -0.1) is 0 Å². The number of allylic oxidation sites excluding steroid dienone is 5. The van der Waals surface area contributed by atoms with Crippen LogP contribution in [-0.4, -0.2) is 47.7 Å². The van der Waals surface area contributed by atoms with Gasteiger partial charge in [-0.05, 0) is 56.3 Å². The number of alkyl halides is 2. The SMILES string of the molecule is CC(=O)OCC(=O)C1=CCC2C3C[C@H](F)C4=CC(=O)C=C[C@]4(C)[C@@]3(F)CC[C@@]12CO. The van der Waals surface area contributed by atoms with Crippen molar-refractivity contribution in [1.82, 2.24) is 0 Å². The fourth-order valence-corrected chi connectivity index (χ4v) is 6.41. The van der Waals surface area contributed by atoms with E-state index < -0.39 is 52.9 Å². The number of fused-ring (bicyclic) bond motifs is 5. The summed E-state index contributed by atoms with van der Waals surface area (Å²) in [6.45, 7) is 2.06. The summed E-state index contributed by atoms with van der Waals surface area (Å²) < 4.78 is 36.8. The van der Waals surface area contributed by atoms with Crippen LogP contribution in [-0.2, 0) is 19.1 Å². The lowest BCUT2D eigenvalue weighted by molar-refractivity contribution is -0.148. The van der Waals surface area contributed by atoms with E-state index in [4.69, 9.17) is 4.74 Å². The van der Waals surface area contributed by atoms with E-state index in [0.717, 1.165) is 0 Å². The molecular formula is C23H26F2O5. The maximum absolute atomic E-state index is 16.7. The molecule has 0 bridgehead atoms. The summed E-state index contributed by atoms with van der Waals surface area (Å²) in [5.74, 6) is -2.49. The summed E-state index contributed by atoms with van der Waals surface area (Å²) >= 11 is 0. The molecule has 162 valence electrons. The summed E-state index contributed by atoms with van der Waals surface area (Å²) in [5.41, 5.74) is -3.46. The molecule has 2 unspecified atom stereocenters. The minimum Gasteiger partial charge on any atom is -0.457 e. The predicted octanol–water partition coefficient (Wildman–Crippen LogP) is 2.98. The maximum atomic E-state index is 16.7. The van der Waals surface area contributed by atoms with E-state index in [1.54, 1.807) is 13.0 Å². The molecule has 0 aromatic rings. The fourth-order valence-electron chi connectivity index (χ4n) is 6.41. The molecule has 2 fully saturated rings. The normalized spacial score (nSPS) is 41.9. The zero-order chi connectivity index (χ0) is 21.9. The molecule has 0 aromatic heterocycles. The van der Waals surface area contributed by atoms with Gasteiger partial charge in [-0.2, -0.15) is 0 Å². The fraction of sp³-hybridized carbons (Fsp3) is 0.609. The maximum Gasteiger partial charge on any atom is 0.303 e. The second-order valence-electron chi connectivity index (χ2n) is 9.19. The second-order valence-corrected chi connectivity index (χ2v) is 9.19. The number of halogens is 2. The smallest absolute Gasteiger partial charge is 0.303 e. The number of esters is 1. The van der Waals surface area contributed by atoms with E-state index >= 15 is 8.78 Å². The average molecular weight is 420 g/mol. The van der Waals surface area contributed by atoms with Crippen LogP contribution in [0.2, 0.25) is 0 Å². The molecule has 4 aliphatic carbocycles. The van der Waals surface area contributed by atoms with Gasteiger partial charge in [-0.3, -0.25) is 14.4 Å². The van der Waals surface area contributed by atoms with E-state index in [2.05, 4.69) is 0 Å². The number of hydrogen-bond acceptors (Lipinski definition) is 5. The summed E-state index contributed by atoms with van der Waals surface area (Å²) in [6, 6.07) is 0. The van der Waals surface area contributed by atoms with Crippen LogP contribution in [0, 0.1) is 22.7 Å². The van der Waals surface area contributed by atoms with Crippen molar-refractivity contribution in [3.05, 3.63) is 35.5 Å². The Balaban J connectivity index is 1.70. The molecule has 0 aromatic carbocycles. The zero-order valence-electron chi connectivity index (χ0n) is 17.1. The summed E-state index contributed by atoms with van der Waals surface area (Å²) in [6.07, 6.45) is 4.75. The van der Waals surface area contributed by atoms with Crippen LogP contribution in [0.5, 0.6) is 0 Å². The molecule has 4 aliphatic rings. The van der Waals surface area contributed by atoms with E-state index in [1.807, 2.05) is 0 Å². The van der Waals surface area contributed by atoms with Crippen LogP contribution in [0.1, 0.15) is 39.5 Å². The van der Waals surface area contributed by atoms with Crippen LogP contribution >= 0.6 is 0 Å². The van der Waals surface area contributed by atoms with Gasteiger partial charge >= 0.3 is 5.97 Å². The van der Waals surface area contributed by atoms with Crippen molar-refractivity contribution >= 4 is 17.5 Å². The Morgan fingerprint density at radius 1 is 1.30 bits per heavy atom. The van der Waals surface area contributed by atoms with Gasteiger partial charge in [0.1, 0.15) is 11.8 Å². The van der Waals surface area contributed by atoms with E-state index in [9.17, 15) is 19.5 Å². The number of Topliss-reactive ketones (excluding diaryl/α,β-unsaturated/α-hetero) is 1. The lowest BCUT2D eigenvalue weighted by atomic mass is 9.45. The van der Waals surface area contributed by atoms with Gasteiger partial charge < -0.3 is 9.84 Å². The Kier molecular flexibility index (Phi) is 4.88. The molecule has 5 nitrogen and oxygen atoms in total. The third-order valence-electron chi connectivity index (χ3n) is 7.96. The molecule has 0 amide bonds. The first-order valence-electron chi connectivity index (χ1n) is 10.4. The first-order chi connectivity index (χ1) is 14.1. The van der Waals surface area contributed by atoms with Crippen molar-refractivity contribution in [3.8, 4) is 0 Å². The van der Waals surface area contributed by atoms with Gasteiger partial charge in [-0.25, -0.2) is 8.78 Å². The van der Waals surface area contributed by atoms with Gasteiger partial charge in [0.25, 0.3) is 0 Å². The molecule has 6 atom stereocenters. The quantitative estimate of drug-likeness (QED) is 0.708. The molecule has 0 saturated heterocycles. The molecule has 0 radical (unpaired) electrons. The van der Waals surface area contributed by atoms with Gasteiger partial charge in [0.05, 0.1) is 6.61 Å². The third-order valence-corrected chi connectivity index (χ3v) is 7.96. The Hall–Kier alpha value is -2.15. The molecule has 4 rings (SSSR count). The van der Waals surface area contributed by atoms with Gasteiger partial charge in [0.15, 0.2) is 18.2 Å². The summed E-state index contributed by atoms with van der Waals surface area (Å²) in [5, 5.41) is 10.3. The second kappa shape index (κ2) is 6.94. The third kappa shape index (κ3) is 2.70. The number of carbonyl (C=O) groups excluding carboxylic acids is 3.